The highest BCUT2D eigenvalue weighted by Crippen LogP contribution is 2.28. The van der Waals surface area contributed by atoms with E-state index in [1.165, 1.54) is 6.20 Å². The Morgan fingerprint density at radius 2 is 2.08 bits per heavy atom. The summed E-state index contributed by atoms with van der Waals surface area (Å²) in [4.78, 5) is 29.6. The van der Waals surface area contributed by atoms with Crippen LogP contribution in [0.4, 0.5) is 10.5 Å². The average molecular weight is 343 g/mol. The zero-order chi connectivity index (χ0) is 18.0. The number of fused-ring (bicyclic) bond motifs is 1. The van der Waals surface area contributed by atoms with Crippen molar-refractivity contribution in [2.45, 2.75) is 26.4 Å². The molecule has 0 saturated heterocycles. The lowest BCUT2D eigenvalue weighted by molar-refractivity contribution is 0.0636. The predicted molar refractivity (Wildman–Crippen MR) is 91.0 cm³/mol. The van der Waals surface area contributed by atoms with Crippen LogP contribution in [0.15, 0.2) is 45.7 Å². The van der Waals surface area contributed by atoms with E-state index in [9.17, 15) is 9.59 Å². The first-order chi connectivity index (χ1) is 11.8. The number of oxazole rings is 1. The summed E-state index contributed by atoms with van der Waals surface area (Å²) >= 11 is 0. The summed E-state index contributed by atoms with van der Waals surface area (Å²) in [6.45, 7) is 5.35. The van der Waals surface area contributed by atoms with Gasteiger partial charge in [-0.3, -0.25) is 10.3 Å². The molecule has 3 aromatic rings. The van der Waals surface area contributed by atoms with E-state index in [0.29, 0.717) is 22.8 Å². The minimum atomic E-state index is -0.612. The number of nitrogens with one attached hydrogen (secondary N) is 2. The van der Waals surface area contributed by atoms with Gasteiger partial charge in [0.1, 0.15) is 11.4 Å². The zero-order valence-electron chi connectivity index (χ0n) is 14.0. The smallest absolute Gasteiger partial charge is 0.418 e. The summed E-state index contributed by atoms with van der Waals surface area (Å²) in [5, 5.41) is 2.63. The molecular formula is C17H17N3O5. The number of nitrogens with zero attached hydrogens (tertiary/aromatic N) is 1. The van der Waals surface area contributed by atoms with Crippen molar-refractivity contribution >= 4 is 23.0 Å². The Bertz CT molecular complexity index is 968. The highest BCUT2D eigenvalue weighted by atomic mass is 16.6. The lowest BCUT2D eigenvalue weighted by Crippen LogP contribution is -2.27. The fourth-order valence-corrected chi connectivity index (χ4v) is 2.10. The Morgan fingerprint density at radius 1 is 1.28 bits per heavy atom. The fourth-order valence-electron chi connectivity index (χ4n) is 2.10. The summed E-state index contributed by atoms with van der Waals surface area (Å²) in [6, 6.07) is 8.33. The molecule has 0 atom stereocenters. The van der Waals surface area contributed by atoms with Gasteiger partial charge in [-0.25, -0.2) is 14.6 Å². The van der Waals surface area contributed by atoms with Crippen LogP contribution in [-0.4, -0.2) is 21.7 Å². The minimum Gasteiger partial charge on any atom is -0.453 e. The van der Waals surface area contributed by atoms with Gasteiger partial charge < -0.3 is 13.9 Å². The van der Waals surface area contributed by atoms with Gasteiger partial charge in [-0.2, -0.15) is 0 Å². The molecule has 0 spiro atoms. The summed E-state index contributed by atoms with van der Waals surface area (Å²) in [7, 11) is 0. The number of hydrogen-bond donors (Lipinski definition) is 2. The number of H-pyrrole nitrogens is 1. The number of carbonyl (C=O) groups is 1. The van der Waals surface area contributed by atoms with E-state index in [4.69, 9.17) is 13.9 Å². The average Bonchev–Trinajstić information content (AvgIpc) is 2.87. The Labute approximate surface area is 142 Å². The summed E-state index contributed by atoms with van der Waals surface area (Å²) in [5.41, 5.74) is 0.434. The molecule has 8 nitrogen and oxygen atoms in total. The molecule has 130 valence electrons. The number of amides is 1. The molecule has 0 aliphatic heterocycles. The van der Waals surface area contributed by atoms with Crippen molar-refractivity contribution in [1.82, 2.24) is 9.97 Å². The van der Waals surface area contributed by atoms with Crippen LogP contribution < -0.4 is 15.8 Å². The van der Waals surface area contributed by atoms with Gasteiger partial charge in [-0.1, -0.05) is 6.07 Å². The standard InChI is InChI=1S/C17H17N3O5/c1-17(2,3)25-16(22)19-10-5-4-6-11(9-10)23-12-7-8-18-14-13(12)24-15(21)20-14/h4-9H,1-3H3,(H,19,22)(H,18,20,21). The second-order valence-corrected chi connectivity index (χ2v) is 6.26. The molecule has 0 saturated carbocycles. The van der Waals surface area contributed by atoms with Gasteiger partial charge in [-0.15, -0.1) is 0 Å². The van der Waals surface area contributed by atoms with E-state index in [-0.39, 0.29) is 5.58 Å². The molecule has 8 heteroatoms. The quantitative estimate of drug-likeness (QED) is 0.752. The van der Waals surface area contributed by atoms with Crippen LogP contribution in [0.5, 0.6) is 11.5 Å². The Balaban J connectivity index is 1.79. The van der Waals surface area contributed by atoms with Gasteiger partial charge in [0.25, 0.3) is 0 Å². The number of anilines is 1. The molecule has 0 radical (unpaired) electrons. The number of benzene rings is 1. The maximum Gasteiger partial charge on any atom is 0.418 e. The minimum absolute atomic E-state index is 0.220. The highest BCUT2D eigenvalue weighted by Gasteiger charge is 2.16. The van der Waals surface area contributed by atoms with Crippen molar-refractivity contribution in [2.24, 2.45) is 0 Å². The lowest BCUT2D eigenvalue weighted by atomic mass is 10.2. The Kier molecular flexibility index (Phi) is 4.18. The molecule has 25 heavy (non-hydrogen) atoms. The van der Waals surface area contributed by atoms with Crippen molar-refractivity contribution in [3.63, 3.8) is 0 Å². The third-order valence-electron chi connectivity index (χ3n) is 2.99. The van der Waals surface area contributed by atoms with Gasteiger partial charge in [-0.05, 0) is 32.9 Å². The highest BCUT2D eigenvalue weighted by molar-refractivity contribution is 5.85. The van der Waals surface area contributed by atoms with E-state index in [2.05, 4.69) is 15.3 Å². The van der Waals surface area contributed by atoms with Crippen LogP contribution in [0.25, 0.3) is 11.2 Å². The van der Waals surface area contributed by atoms with Gasteiger partial charge in [0.2, 0.25) is 5.58 Å². The summed E-state index contributed by atoms with van der Waals surface area (Å²) in [6.07, 6.45) is 0.930. The molecule has 0 aliphatic rings. The first-order valence-electron chi connectivity index (χ1n) is 7.56. The van der Waals surface area contributed by atoms with E-state index in [0.717, 1.165) is 0 Å². The Hall–Kier alpha value is -3.29. The van der Waals surface area contributed by atoms with Gasteiger partial charge in [0.15, 0.2) is 11.4 Å². The first-order valence-corrected chi connectivity index (χ1v) is 7.56. The van der Waals surface area contributed by atoms with Crippen LogP contribution in [0, 0.1) is 0 Å². The van der Waals surface area contributed by atoms with Crippen LogP contribution in [0.1, 0.15) is 20.8 Å². The van der Waals surface area contributed by atoms with E-state index in [1.807, 2.05) is 0 Å². The van der Waals surface area contributed by atoms with E-state index < -0.39 is 17.5 Å². The third-order valence-corrected chi connectivity index (χ3v) is 2.99. The summed E-state index contributed by atoms with van der Waals surface area (Å²) < 4.78 is 16.0. The van der Waals surface area contributed by atoms with Crippen molar-refractivity contribution in [3.8, 4) is 11.5 Å². The topological polar surface area (TPSA) is 106 Å². The van der Waals surface area contributed by atoms with Gasteiger partial charge in [0.05, 0.1) is 0 Å². The molecule has 1 amide bonds. The molecular weight excluding hydrogens is 326 g/mol. The SMILES string of the molecule is CC(C)(C)OC(=O)Nc1cccc(Oc2ccnc3[nH]c(=O)oc23)c1. The lowest BCUT2D eigenvalue weighted by Gasteiger charge is -2.19. The molecule has 2 aromatic heterocycles. The van der Waals surface area contributed by atoms with Crippen LogP contribution in [0.2, 0.25) is 0 Å². The normalized spacial score (nSPS) is 11.3. The van der Waals surface area contributed by atoms with Gasteiger partial charge >= 0.3 is 11.8 Å². The maximum atomic E-state index is 11.8. The van der Waals surface area contributed by atoms with Crippen molar-refractivity contribution in [3.05, 3.63) is 47.1 Å². The van der Waals surface area contributed by atoms with E-state index in [1.54, 1.807) is 51.1 Å². The van der Waals surface area contributed by atoms with Crippen LogP contribution in [0.3, 0.4) is 0 Å². The zero-order valence-corrected chi connectivity index (χ0v) is 14.0. The van der Waals surface area contributed by atoms with E-state index >= 15 is 0 Å². The number of hydrogen-bond acceptors (Lipinski definition) is 6. The number of pyridine rings is 1. The Morgan fingerprint density at radius 3 is 2.84 bits per heavy atom. The molecule has 0 fully saturated rings. The second kappa shape index (κ2) is 6.31. The molecule has 3 rings (SSSR count). The molecule has 2 N–H and O–H groups in total. The second-order valence-electron chi connectivity index (χ2n) is 6.26. The van der Waals surface area contributed by atoms with Crippen molar-refractivity contribution < 1.29 is 18.7 Å². The number of aromatic nitrogens is 2. The third kappa shape index (κ3) is 4.17. The monoisotopic (exact) mass is 343 g/mol. The maximum absolute atomic E-state index is 11.8. The molecule has 1 aromatic carbocycles. The predicted octanol–water partition coefficient (Wildman–Crippen LogP) is 3.66. The number of aromatic amines is 1. The number of rotatable bonds is 3. The van der Waals surface area contributed by atoms with Gasteiger partial charge in [0, 0.05) is 24.0 Å². The molecule has 0 unspecified atom stereocenters. The molecule has 0 bridgehead atoms. The van der Waals surface area contributed by atoms with Crippen molar-refractivity contribution in [1.29, 1.82) is 0 Å². The summed E-state index contributed by atoms with van der Waals surface area (Å²) in [5.74, 6) is 0.168. The van der Waals surface area contributed by atoms with Crippen LogP contribution >= 0.6 is 0 Å². The molecule has 0 aliphatic carbocycles. The number of carbonyl (C=O) groups excluding carboxylic acids is 1. The number of ether oxygens (including phenoxy) is 2. The van der Waals surface area contributed by atoms with Crippen molar-refractivity contribution in [2.75, 3.05) is 5.32 Å². The van der Waals surface area contributed by atoms with Crippen LogP contribution in [-0.2, 0) is 4.74 Å². The largest absolute Gasteiger partial charge is 0.453 e. The molecule has 2 heterocycles. The fraction of sp³-hybridized carbons (Fsp3) is 0.235. The first kappa shape index (κ1) is 16.6.